The highest BCUT2D eigenvalue weighted by Gasteiger charge is 2.61. The Labute approximate surface area is 263 Å². The predicted molar refractivity (Wildman–Crippen MR) is 169 cm³/mol. The molecule has 1 saturated carbocycles. The van der Waals surface area contributed by atoms with Gasteiger partial charge < -0.3 is 24.4 Å². The molecule has 11 heteroatoms. The van der Waals surface area contributed by atoms with E-state index in [2.05, 4.69) is 16.5 Å². The summed E-state index contributed by atoms with van der Waals surface area (Å²) in [6, 6.07) is 9.26. The molecule has 11 nitrogen and oxygen atoms in total. The first kappa shape index (κ1) is 32.0. The number of hydrogen-bond donors (Lipinski definition) is 1. The van der Waals surface area contributed by atoms with Crippen molar-refractivity contribution in [3.05, 3.63) is 54.4 Å². The van der Waals surface area contributed by atoms with E-state index in [4.69, 9.17) is 19.2 Å². The summed E-state index contributed by atoms with van der Waals surface area (Å²) in [4.78, 5) is 46.6. The van der Waals surface area contributed by atoms with Gasteiger partial charge in [0.25, 0.3) is 0 Å². The van der Waals surface area contributed by atoms with Gasteiger partial charge in [0.05, 0.1) is 31.5 Å². The zero-order valence-electron chi connectivity index (χ0n) is 26.6. The van der Waals surface area contributed by atoms with Gasteiger partial charge in [0, 0.05) is 55.6 Å². The molecule has 3 heterocycles. The van der Waals surface area contributed by atoms with Crippen molar-refractivity contribution in [2.75, 3.05) is 33.9 Å². The molecule has 45 heavy (non-hydrogen) atoms. The number of allylic oxidation sites excluding steroid dienone is 1. The summed E-state index contributed by atoms with van der Waals surface area (Å²) in [5, 5.41) is 8.28. The van der Waals surface area contributed by atoms with Crippen LogP contribution < -0.4 is 14.8 Å². The summed E-state index contributed by atoms with van der Waals surface area (Å²) in [6.07, 6.45) is 10.5. The van der Waals surface area contributed by atoms with E-state index in [0.717, 1.165) is 36.8 Å². The number of nitrogens with zero attached hydrogens (tertiary/aromatic N) is 4. The van der Waals surface area contributed by atoms with E-state index < -0.39 is 17.4 Å². The van der Waals surface area contributed by atoms with E-state index in [-0.39, 0.29) is 43.8 Å². The highest BCUT2D eigenvalue weighted by Crippen LogP contribution is 2.46. The van der Waals surface area contributed by atoms with Crippen LogP contribution in [0.4, 0.5) is 0 Å². The van der Waals surface area contributed by atoms with E-state index in [9.17, 15) is 14.4 Å². The molecule has 0 saturated heterocycles. The van der Waals surface area contributed by atoms with E-state index in [1.165, 1.54) is 0 Å². The molecular formula is C34H43N5O6. The molecular weight excluding hydrogens is 574 g/mol. The van der Waals surface area contributed by atoms with Gasteiger partial charge in [-0.15, -0.1) is 0 Å². The summed E-state index contributed by atoms with van der Waals surface area (Å²) in [5.74, 6) is 0.0703. The number of nitrogens with one attached hydrogen (secondary N) is 1. The fourth-order valence-electron chi connectivity index (χ4n) is 5.78. The average Bonchev–Trinajstić information content (AvgIpc) is 3.55. The van der Waals surface area contributed by atoms with Crippen LogP contribution in [0.3, 0.4) is 0 Å². The second kappa shape index (κ2) is 14.1. The molecule has 1 N–H and O–H groups in total. The number of fused-ring (bicyclic) bond motifs is 2. The molecule has 3 aromatic rings. The monoisotopic (exact) mass is 617 g/mol. The number of methoxy groups -OCH3 is 1. The summed E-state index contributed by atoms with van der Waals surface area (Å²) in [6.45, 7) is 4.67. The zero-order valence-corrected chi connectivity index (χ0v) is 26.6. The molecule has 3 atom stereocenters. The minimum atomic E-state index is -1.10. The zero-order chi connectivity index (χ0) is 32.0. The molecule has 1 fully saturated rings. The topological polar surface area (TPSA) is 125 Å². The molecule has 0 bridgehead atoms. The van der Waals surface area contributed by atoms with E-state index in [1.54, 1.807) is 30.7 Å². The number of ether oxygens (including phenoxy) is 3. The maximum atomic E-state index is 13.8. The van der Waals surface area contributed by atoms with Crippen molar-refractivity contribution in [2.45, 2.75) is 64.3 Å². The van der Waals surface area contributed by atoms with Gasteiger partial charge in [-0.2, -0.15) is 5.10 Å². The predicted octanol–water partition coefficient (Wildman–Crippen LogP) is 4.54. The largest absolute Gasteiger partial charge is 0.497 e. The Morgan fingerprint density at radius 1 is 1.16 bits per heavy atom. The Morgan fingerprint density at radius 3 is 2.76 bits per heavy atom. The number of esters is 1. The third-order valence-electron chi connectivity index (χ3n) is 8.60. The van der Waals surface area contributed by atoms with Gasteiger partial charge in [0.15, 0.2) is 5.82 Å². The lowest BCUT2D eigenvalue weighted by Crippen LogP contribution is -2.49. The first-order valence-electron chi connectivity index (χ1n) is 15.8. The molecule has 240 valence electrons. The molecule has 0 spiro atoms. The minimum Gasteiger partial charge on any atom is -0.497 e. The van der Waals surface area contributed by atoms with Crippen LogP contribution in [0.15, 0.2) is 48.7 Å². The van der Waals surface area contributed by atoms with E-state index >= 15 is 0 Å². The van der Waals surface area contributed by atoms with Crippen molar-refractivity contribution in [3.8, 4) is 17.3 Å². The van der Waals surface area contributed by atoms with Gasteiger partial charge in [0.1, 0.15) is 17.0 Å². The molecule has 2 aromatic heterocycles. The van der Waals surface area contributed by atoms with Crippen LogP contribution >= 0.6 is 0 Å². The van der Waals surface area contributed by atoms with E-state index in [0.29, 0.717) is 35.8 Å². The highest BCUT2D eigenvalue weighted by molar-refractivity contribution is 5.94. The third-order valence-corrected chi connectivity index (χ3v) is 8.60. The Morgan fingerprint density at radius 2 is 2.00 bits per heavy atom. The van der Waals surface area contributed by atoms with Crippen LogP contribution in [0, 0.1) is 18.8 Å². The van der Waals surface area contributed by atoms with Crippen LogP contribution in [-0.4, -0.2) is 76.9 Å². The lowest BCUT2D eigenvalue weighted by atomic mass is 9.98. The third kappa shape index (κ3) is 7.46. The number of hydrogen-bond acceptors (Lipinski definition) is 8. The SMILES string of the molecule is CCOC(=O)[C@@]12C[C@H]1/C=C\CCCCCN(C)C(=O)C[C@@H](CCOc1cc(-n3ccc(C)n3)nc3cc(OC)ccc13)C(=O)N2. The second-order valence-electron chi connectivity index (χ2n) is 11.9. The van der Waals surface area contributed by atoms with Gasteiger partial charge in [-0.05, 0) is 64.2 Å². The molecule has 2 amide bonds. The molecule has 2 aliphatic rings. The van der Waals surface area contributed by atoms with Crippen molar-refractivity contribution in [1.29, 1.82) is 0 Å². The van der Waals surface area contributed by atoms with Crippen molar-refractivity contribution < 1.29 is 28.6 Å². The standard InChI is InChI=1S/C34H43N5O6/c1-5-44-33(42)34-22-25(34)11-9-7-6-8-10-16-38(3)31(40)19-24(32(41)36-34)15-18-45-29-21-30(39-17-14-23(2)37-39)35-28-20-26(43-4)12-13-27(28)29/h9,11-14,17,20-21,24-25H,5-8,10,15-16,18-19,22H2,1-4H3,(H,36,41)/b11-9-/t24-,25-,34-/m1/s1. The smallest absolute Gasteiger partial charge is 0.332 e. The normalized spacial score (nSPS) is 23.3. The summed E-state index contributed by atoms with van der Waals surface area (Å²) in [7, 11) is 3.38. The number of pyridine rings is 1. The number of aromatic nitrogens is 3. The van der Waals surface area contributed by atoms with E-state index in [1.807, 2.05) is 49.5 Å². The lowest BCUT2D eigenvalue weighted by Gasteiger charge is -2.24. The molecule has 1 aliphatic carbocycles. The van der Waals surface area contributed by atoms with Crippen LogP contribution in [0.5, 0.6) is 11.5 Å². The number of amides is 2. The van der Waals surface area contributed by atoms with Crippen LogP contribution in [-0.2, 0) is 19.1 Å². The summed E-state index contributed by atoms with van der Waals surface area (Å²) >= 11 is 0. The Bertz CT molecular complexity index is 1570. The Hall–Kier alpha value is -4.41. The van der Waals surface area contributed by atoms with Crippen molar-refractivity contribution >= 4 is 28.7 Å². The van der Waals surface area contributed by atoms with Crippen LogP contribution in [0.25, 0.3) is 16.7 Å². The number of carbonyl (C=O) groups is 3. The fraction of sp³-hybridized carbons (Fsp3) is 0.500. The summed E-state index contributed by atoms with van der Waals surface area (Å²) in [5.41, 5.74) is 0.418. The highest BCUT2D eigenvalue weighted by atomic mass is 16.5. The maximum absolute atomic E-state index is 13.8. The number of rotatable bonds is 8. The van der Waals surface area contributed by atoms with Crippen LogP contribution in [0.2, 0.25) is 0 Å². The Balaban J connectivity index is 1.39. The van der Waals surface area contributed by atoms with Gasteiger partial charge in [0.2, 0.25) is 11.8 Å². The maximum Gasteiger partial charge on any atom is 0.332 e. The van der Waals surface area contributed by atoms with Crippen molar-refractivity contribution in [2.24, 2.45) is 11.8 Å². The molecule has 0 radical (unpaired) electrons. The summed E-state index contributed by atoms with van der Waals surface area (Å²) < 4.78 is 18.8. The minimum absolute atomic E-state index is 0.0111. The number of benzene rings is 1. The van der Waals surface area contributed by atoms with Gasteiger partial charge in [-0.3, -0.25) is 9.59 Å². The number of aryl methyl sites for hydroxylation is 1. The first-order chi connectivity index (χ1) is 21.7. The van der Waals surface area contributed by atoms with Crippen LogP contribution in [0.1, 0.15) is 57.6 Å². The molecule has 5 rings (SSSR count). The van der Waals surface area contributed by atoms with Gasteiger partial charge >= 0.3 is 5.97 Å². The van der Waals surface area contributed by atoms with Crippen molar-refractivity contribution in [1.82, 2.24) is 25.0 Å². The fourth-order valence-corrected chi connectivity index (χ4v) is 5.78. The second-order valence-corrected chi connectivity index (χ2v) is 11.9. The lowest BCUT2D eigenvalue weighted by molar-refractivity contribution is -0.149. The van der Waals surface area contributed by atoms with Gasteiger partial charge in [-0.25, -0.2) is 14.5 Å². The van der Waals surface area contributed by atoms with Crippen molar-refractivity contribution in [3.63, 3.8) is 0 Å². The molecule has 1 aromatic carbocycles. The first-order valence-corrected chi connectivity index (χ1v) is 15.8. The average molecular weight is 618 g/mol. The molecule has 1 aliphatic heterocycles. The Kier molecular flexibility index (Phi) is 10.0. The molecule has 0 unspecified atom stereocenters. The number of carbonyl (C=O) groups excluding carboxylic acids is 3. The van der Waals surface area contributed by atoms with Gasteiger partial charge in [-0.1, -0.05) is 18.6 Å². The quantitative estimate of drug-likeness (QED) is 0.289.